The van der Waals surface area contributed by atoms with Gasteiger partial charge in [0.1, 0.15) is 0 Å². The fourth-order valence-electron chi connectivity index (χ4n) is 4.22. The standard InChI is InChI=1S/C19H18F3N.CH5N/c20-19(21,22)13-9-10-17-16(11-13)14-7-4-8-15(14)18(23-17)12-5-2-1-3-6-12;1-2/h1-3,5-6,9-11,14-15,18,23H,4,7-8H2;2H2,1H3/t14-,15?,18-;/m0./s1. The van der Waals surface area contributed by atoms with Crippen molar-refractivity contribution in [3.05, 3.63) is 65.2 Å². The van der Waals surface area contributed by atoms with Crippen molar-refractivity contribution in [1.82, 2.24) is 0 Å². The van der Waals surface area contributed by atoms with Gasteiger partial charge in [0.05, 0.1) is 11.6 Å². The van der Waals surface area contributed by atoms with Crippen LogP contribution in [0.5, 0.6) is 0 Å². The largest absolute Gasteiger partial charge is 0.416 e. The lowest BCUT2D eigenvalue weighted by molar-refractivity contribution is -0.137. The number of nitrogens with one attached hydrogen (secondary N) is 1. The first kappa shape index (κ1) is 17.8. The molecule has 1 aliphatic heterocycles. The van der Waals surface area contributed by atoms with Crippen molar-refractivity contribution in [2.75, 3.05) is 12.4 Å². The maximum Gasteiger partial charge on any atom is 0.416 e. The Balaban J connectivity index is 0.000000880. The second-order valence-electron chi connectivity index (χ2n) is 6.53. The first-order valence-electron chi connectivity index (χ1n) is 8.64. The molecule has 5 heteroatoms. The highest BCUT2D eigenvalue weighted by molar-refractivity contribution is 5.59. The van der Waals surface area contributed by atoms with Gasteiger partial charge in [0.25, 0.3) is 0 Å². The van der Waals surface area contributed by atoms with E-state index in [-0.39, 0.29) is 12.0 Å². The number of halogens is 3. The van der Waals surface area contributed by atoms with Gasteiger partial charge in [0.15, 0.2) is 0 Å². The molecular formula is C20H23F3N2. The van der Waals surface area contributed by atoms with Crippen LogP contribution in [-0.2, 0) is 6.18 Å². The molecular weight excluding hydrogens is 325 g/mol. The third kappa shape index (κ3) is 3.38. The molecule has 2 aromatic rings. The van der Waals surface area contributed by atoms with Gasteiger partial charge in [-0.2, -0.15) is 13.2 Å². The minimum Gasteiger partial charge on any atom is -0.378 e. The summed E-state index contributed by atoms with van der Waals surface area (Å²) in [6, 6.07) is 14.5. The van der Waals surface area contributed by atoms with Gasteiger partial charge in [-0.25, -0.2) is 0 Å². The van der Waals surface area contributed by atoms with Crippen LogP contribution in [0.4, 0.5) is 18.9 Å². The molecule has 2 aliphatic rings. The highest BCUT2D eigenvalue weighted by Gasteiger charge is 2.41. The van der Waals surface area contributed by atoms with Crippen LogP contribution in [0.2, 0.25) is 0 Å². The van der Waals surface area contributed by atoms with E-state index in [9.17, 15) is 13.2 Å². The molecule has 2 aromatic carbocycles. The van der Waals surface area contributed by atoms with E-state index in [2.05, 4.69) is 23.2 Å². The molecule has 4 rings (SSSR count). The monoisotopic (exact) mass is 348 g/mol. The molecule has 1 saturated carbocycles. The zero-order chi connectivity index (χ0) is 18.0. The average molecular weight is 348 g/mol. The van der Waals surface area contributed by atoms with Crippen LogP contribution in [-0.4, -0.2) is 7.05 Å². The topological polar surface area (TPSA) is 38.0 Å². The first-order chi connectivity index (χ1) is 12.0. The van der Waals surface area contributed by atoms with Crippen molar-refractivity contribution in [2.24, 2.45) is 11.7 Å². The lowest BCUT2D eigenvalue weighted by atomic mass is 9.77. The summed E-state index contributed by atoms with van der Waals surface area (Å²) < 4.78 is 39.1. The summed E-state index contributed by atoms with van der Waals surface area (Å²) in [6.45, 7) is 0. The predicted octanol–water partition coefficient (Wildman–Crippen LogP) is 5.33. The number of fused-ring (bicyclic) bond motifs is 3. The van der Waals surface area contributed by atoms with E-state index in [4.69, 9.17) is 0 Å². The van der Waals surface area contributed by atoms with Gasteiger partial charge in [0.2, 0.25) is 0 Å². The van der Waals surface area contributed by atoms with Crippen molar-refractivity contribution >= 4 is 5.69 Å². The lowest BCUT2D eigenvalue weighted by Crippen LogP contribution is -2.29. The van der Waals surface area contributed by atoms with Crippen LogP contribution in [0, 0.1) is 5.92 Å². The van der Waals surface area contributed by atoms with Gasteiger partial charge in [-0.05, 0) is 61.1 Å². The van der Waals surface area contributed by atoms with Gasteiger partial charge in [0, 0.05) is 5.69 Å². The Hall–Kier alpha value is -2.01. The van der Waals surface area contributed by atoms with E-state index in [1.54, 1.807) is 6.07 Å². The lowest BCUT2D eigenvalue weighted by Gasteiger charge is -2.38. The number of hydrogen-bond donors (Lipinski definition) is 2. The maximum atomic E-state index is 13.0. The zero-order valence-corrected chi connectivity index (χ0v) is 14.2. The molecule has 1 aliphatic carbocycles. The molecule has 1 unspecified atom stereocenters. The summed E-state index contributed by atoms with van der Waals surface area (Å²) >= 11 is 0. The highest BCUT2D eigenvalue weighted by atomic mass is 19.4. The number of nitrogens with two attached hydrogens (primary N) is 1. The van der Waals surface area contributed by atoms with Crippen LogP contribution in [0.1, 0.15) is 47.9 Å². The Morgan fingerprint density at radius 3 is 2.40 bits per heavy atom. The molecule has 25 heavy (non-hydrogen) atoms. The molecule has 134 valence electrons. The molecule has 3 atom stereocenters. The van der Waals surface area contributed by atoms with Gasteiger partial charge in [-0.15, -0.1) is 0 Å². The van der Waals surface area contributed by atoms with E-state index < -0.39 is 11.7 Å². The summed E-state index contributed by atoms with van der Waals surface area (Å²) in [7, 11) is 1.50. The van der Waals surface area contributed by atoms with Gasteiger partial charge >= 0.3 is 6.18 Å². The molecule has 0 bridgehead atoms. The second kappa shape index (κ2) is 7.08. The minimum absolute atomic E-state index is 0.188. The van der Waals surface area contributed by atoms with E-state index in [0.717, 1.165) is 30.5 Å². The molecule has 2 nitrogen and oxygen atoms in total. The van der Waals surface area contributed by atoms with Crippen LogP contribution >= 0.6 is 0 Å². The summed E-state index contributed by atoms with van der Waals surface area (Å²) in [5.41, 5.74) is 6.88. The summed E-state index contributed by atoms with van der Waals surface area (Å²) in [5.74, 6) is 0.590. The third-order valence-electron chi connectivity index (χ3n) is 5.25. The fourth-order valence-corrected chi connectivity index (χ4v) is 4.22. The van der Waals surface area contributed by atoms with Crippen LogP contribution in [0.15, 0.2) is 48.5 Å². The number of benzene rings is 2. The number of anilines is 1. The summed E-state index contributed by atoms with van der Waals surface area (Å²) in [4.78, 5) is 0. The van der Waals surface area contributed by atoms with Crippen LogP contribution in [0.3, 0.4) is 0 Å². The smallest absolute Gasteiger partial charge is 0.378 e. The van der Waals surface area contributed by atoms with Crippen molar-refractivity contribution in [3.8, 4) is 0 Å². The Labute approximate surface area is 146 Å². The summed E-state index contributed by atoms with van der Waals surface area (Å²) in [6.07, 6.45) is -1.16. The summed E-state index contributed by atoms with van der Waals surface area (Å²) in [5, 5.41) is 3.50. The van der Waals surface area contributed by atoms with Crippen molar-refractivity contribution < 1.29 is 13.2 Å². The Morgan fingerprint density at radius 2 is 1.72 bits per heavy atom. The SMILES string of the molecule is CN.FC(F)(F)c1ccc2c(c1)[C@H]1CCCC1[C@H](c1ccccc1)N2. The van der Waals surface area contributed by atoms with E-state index >= 15 is 0 Å². The predicted molar refractivity (Wildman–Crippen MR) is 94.4 cm³/mol. The minimum atomic E-state index is -4.28. The van der Waals surface area contributed by atoms with Gasteiger partial charge < -0.3 is 11.1 Å². The maximum absolute atomic E-state index is 13.0. The van der Waals surface area contributed by atoms with Crippen molar-refractivity contribution in [1.29, 1.82) is 0 Å². The molecule has 0 saturated heterocycles. The normalized spacial score (nSPS) is 24.4. The van der Waals surface area contributed by atoms with E-state index in [1.165, 1.54) is 24.7 Å². The molecule has 0 spiro atoms. The van der Waals surface area contributed by atoms with E-state index in [0.29, 0.717) is 5.92 Å². The number of rotatable bonds is 1. The molecule has 0 amide bonds. The van der Waals surface area contributed by atoms with E-state index in [1.807, 2.05) is 18.2 Å². The Kier molecular flexibility index (Phi) is 5.04. The number of alkyl halides is 3. The average Bonchev–Trinajstić information content (AvgIpc) is 3.12. The van der Waals surface area contributed by atoms with Crippen LogP contribution in [0.25, 0.3) is 0 Å². The molecule has 3 N–H and O–H groups in total. The number of hydrogen-bond acceptors (Lipinski definition) is 2. The third-order valence-corrected chi connectivity index (χ3v) is 5.25. The van der Waals surface area contributed by atoms with Crippen LogP contribution < -0.4 is 11.1 Å². The molecule has 0 radical (unpaired) electrons. The second-order valence-corrected chi connectivity index (χ2v) is 6.53. The highest BCUT2D eigenvalue weighted by Crippen LogP contribution is 2.53. The quantitative estimate of drug-likeness (QED) is 0.731. The molecule has 1 fully saturated rings. The van der Waals surface area contributed by atoms with Gasteiger partial charge in [-0.3, -0.25) is 0 Å². The molecule has 0 aromatic heterocycles. The fraction of sp³-hybridized carbons (Fsp3) is 0.400. The Bertz CT molecular complexity index is 713. The van der Waals surface area contributed by atoms with Crippen molar-refractivity contribution in [3.63, 3.8) is 0 Å². The zero-order valence-electron chi connectivity index (χ0n) is 14.2. The van der Waals surface area contributed by atoms with Gasteiger partial charge in [-0.1, -0.05) is 36.8 Å². The first-order valence-corrected chi connectivity index (χ1v) is 8.64. The van der Waals surface area contributed by atoms with Crippen molar-refractivity contribution in [2.45, 2.75) is 37.4 Å². The Morgan fingerprint density at radius 1 is 1.00 bits per heavy atom. The molecule has 1 heterocycles.